The fraction of sp³-hybridized carbons (Fsp3) is 0.0909. The monoisotopic (exact) mass is 407 g/mol. The molecule has 2 heterocycles. The van der Waals surface area contributed by atoms with E-state index in [-0.39, 0.29) is 22.9 Å². The van der Waals surface area contributed by atoms with Gasteiger partial charge in [-0.2, -0.15) is 0 Å². The molecule has 0 aliphatic heterocycles. The van der Waals surface area contributed by atoms with Crippen LogP contribution in [0.4, 0.5) is 5.69 Å². The van der Waals surface area contributed by atoms with Crippen LogP contribution in [0.1, 0.15) is 25.8 Å². The molecule has 2 N–H and O–H groups in total. The second-order valence-corrected chi connectivity index (χ2v) is 7.37. The number of nitrogens with one attached hydrogen (secondary N) is 1. The Labute approximate surface area is 170 Å². The zero-order chi connectivity index (χ0) is 20.4. The lowest BCUT2D eigenvalue weighted by Crippen LogP contribution is -2.14. The first-order valence-electron chi connectivity index (χ1n) is 8.81. The Bertz CT molecular complexity index is 1190. The molecule has 0 radical (unpaired) electrons. The average Bonchev–Trinajstić information content (AvgIpc) is 3.31. The predicted octanol–water partition coefficient (Wildman–Crippen LogP) is 5.26. The molecule has 1 amide bonds. The SMILES string of the molecule is COCc1c(C(=O)Nc2cc(-c3ccccc3)sc2C(=O)O)oc2ccccc12. The van der Waals surface area contributed by atoms with Gasteiger partial charge in [0, 0.05) is 22.9 Å². The molecule has 7 heteroatoms. The Morgan fingerprint density at radius 3 is 2.55 bits per heavy atom. The number of aromatic carboxylic acids is 1. The molecule has 0 aliphatic carbocycles. The van der Waals surface area contributed by atoms with Crippen LogP contribution in [0, 0.1) is 0 Å². The summed E-state index contributed by atoms with van der Waals surface area (Å²) in [6.07, 6.45) is 0. The van der Waals surface area contributed by atoms with Crippen molar-refractivity contribution in [3.05, 3.63) is 76.9 Å². The van der Waals surface area contributed by atoms with Crippen LogP contribution in [-0.2, 0) is 11.3 Å². The second kappa shape index (κ2) is 7.90. The maximum absolute atomic E-state index is 13.0. The number of carboxylic acid groups (broad SMARTS) is 1. The van der Waals surface area contributed by atoms with E-state index in [0.717, 1.165) is 27.2 Å². The first kappa shape index (κ1) is 18.9. The molecule has 29 heavy (non-hydrogen) atoms. The lowest BCUT2D eigenvalue weighted by Gasteiger charge is -2.04. The highest BCUT2D eigenvalue weighted by Crippen LogP contribution is 2.35. The summed E-state index contributed by atoms with van der Waals surface area (Å²) in [4.78, 5) is 25.5. The molecule has 0 fully saturated rings. The number of benzene rings is 2. The molecule has 2 aromatic heterocycles. The van der Waals surface area contributed by atoms with Crippen molar-refractivity contribution in [2.24, 2.45) is 0 Å². The van der Waals surface area contributed by atoms with E-state index in [2.05, 4.69) is 5.32 Å². The fourth-order valence-corrected chi connectivity index (χ4v) is 4.09. The summed E-state index contributed by atoms with van der Waals surface area (Å²) in [5.41, 5.74) is 2.30. The molecular weight excluding hydrogens is 390 g/mol. The Morgan fingerprint density at radius 2 is 1.83 bits per heavy atom. The van der Waals surface area contributed by atoms with Gasteiger partial charge in [0.25, 0.3) is 5.91 Å². The number of thiophene rings is 1. The Morgan fingerprint density at radius 1 is 1.10 bits per heavy atom. The van der Waals surface area contributed by atoms with Crippen molar-refractivity contribution in [3.63, 3.8) is 0 Å². The average molecular weight is 407 g/mol. The topological polar surface area (TPSA) is 88.8 Å². The molecule has 0 bridgehead atoms. The van der Waals surface area contributed by atoms with Crippen LogP contribution in [0.2, 0.25) is 0 Å². The van der Waals surface area contributed by atoms with Crippen molar-refractivity contribution < 1.29 is 23.8 Å². The van der Waals surface area contributed by atoms with Crippen molar-refractivity contribution in [2.45, 2.75) is 6.61 Å². The molecule has 4 rings (SSSR count). The van der Waals surface area contributed by atoms with Crippen molar-refractivity contribution in [2.75, 3.05) is 12.4 Å². The predicted molar refractivity (Wildman–Crippen MR) is 112 cm³/mol. The van der Waals surface area contributed by atoms with E-state index in [9.17, 15) is 14.7 Å². The van der Waals surface area contributed by atoms with E-state index in [1.54, 1.807) is 12.1 Å². The molecule has 2 aromatic carbocycles. The van der Waals surface area contributed by atoms with Gasteiger partial charge in [0.15, 0.2) is 5.76 Å². The number of furan rings is 1. The first-order valence-corrected chi connectivity index (χ1v) is 9.63. The van der Waals surface area contributed by atoms with E-state index in [4.69, 9.17) is 9.15 Å². The Hall–Kier alpha value is -3.42. The highest BCUT2D eigenvalue weighted by atomic mass is 32.1. The fourth-order valence-electron chi connectivity index (χ4n) is 3.14. The van der Waals surface area contributed by atoms with E-state index >= 15 is 0 Å². The van der Waals surface area contributed by atoms with Gasteiger partial charge >= 0.3 is 5.97 Å². The van der Waals surface area contributed by atoms with E-state index in [0.29, 0.717) is 11.1 Å². The van der Waals surface area contributed by atoms with Crippen LogP contribution in [0.15, 0.2) is 65.1 Å². The third-order valence-corrected chi connectivity index (χ3v) is 5.60. The standard InChI is InChI=1S/C22H17NO5S/c1-27-12-15-14-9-5-6-10-17(14)28-19(15)21(24)23-16-11-18(29-20(16)22(25)26)13-7-3-2-4-8-13/h2-11H,12H2,1H3,(H,23,24)(H,25,26). The largest absolute Gasteiger partial charge is 0.477 e. The van der Waals surface area contributed by atoms with Gasteiger partial charge in [-0.1, -0.05) is 48.5 Å². The highest BCUT2D eigenvalue weighted by molar-refractivity contribution is 7.18. The highest BCUT2D eigenvalue weighted by Gasteiger charge is 2.24. The van der Waals surface area contributed by atoms with Crippen molar-refractivity contribution >= 4 is 39.9 Å². The van der Waals surface area contributed by atoms with Gasteiger partial charge < -0.3 is 19.6 Å². The summed E-state index contributed by atoms with van der Waals surface area (Å²) in [7, 11) is 1.54. The summed E-state index contributed by atoms with van der Waals surface area (Å²) >= 11 is 1.11. The van der Waals surface area contributed by atoms with Gasteiger partial charge in [0.2, 0.25) is 0 Å². The quantitative estimate of drug-likeness (QED) is 0.455. The number of carboxylic acids is 1. The summed E-state index contributed by atoms with van der Waals surface area (Å²) in [5.74, 6) is -1.51. The second-order valence-electron chi connectivity index (χ2n) is 6.32. The van der Waals surface area contributed by atoms with E-state index in [1.165, 1.54) is 7.11 Å². The van der Waals surface area contributed by atoms with E-state index in [1.807, 2.05) is 48.5 Å². The van der Waals surface area contributed by atoms with Gasteiger partial charge in [0.05, 0.1) is 12.3 Å². The van der Waals surface area contributed by atoms with Crippen molar-refractivity contribution in [1.82, 2.24) is 0 Å². The molecule has 146 valence electrons. The van der Waals surface area contributed by atoms with Crippen LogP contribution < -0.4 is 5.32 Å². The number of ether oxygens (including phenoxy) is 1. The van der Waals surface area contributed by atoms with Crippen LogP contribution in [0.25, 0.3) is 21.4 Å². The van der Waals surface area contributed by atoms with Gasteiger partial charge in [-0.15, -0.1) is 11.3 Å². The van der Waals surface area contributed by atoms with Gasteiger partial charge in [-0.3, -0.25) is 4.79 Å². The number of methoxy groups -OCH3 is 1. The number of rotatable bonds is 6. The smallest absolute Gasteiger partial charge is 0.348 e. The maximum Gasteiger partial charge on any atom is 0.348 e. The van der Waals surface area contributed by atoms with E-state index < -0.39 is 11.9 Å². The Balaban J connectivity index is 1.72. The Kier molecular flexibility index (Phi) is 5.16. The summed E-state index contributed by atoms with van der Waals surface area (Å²) in [5, 5.41) is 13.1. The molecule has 0 saturated heterocycles. The maximum atomic E-state index is 13.0. The summed E-state index contributed by atoms with van der Waals surface area (Å²) < 4.78 is 11.0. The van der Waals surface area contributed by atoms with Crippen LogP contribution in [0.5, 0.6) is 0 Å². The zero-order valence-corrected chi connectivity index (χ0v) is 16.3. The third kappa shape index (κ3) is 3.65. The van der Waals surface area contributed by atoms with Crippen LogP contribution >= 0.6 is 11.3 Å². The van der Waals surface area contributed by atoms with Gasteiger partial charge in [-0.25, -0.2) is 4.79 Å². The number of amides is 1. The number of para-hydroxylation sites is 1. The third-order valence-electron chi connectivity index (χ3n) is 4.43. The number of fused-ring (bicyclic) bond motifs is 1. The van der Waals surface area contributed by atoms with Crippen molar-refractivity contribution in [1.29, 1.82) is 0 Å². The summed E-state index contributed by atoms with van der Waals surface area (Å²) in [6, 6.07) is 18.4. The van der Waals surface area contributed by atoms with Crippen molar-refractivity contribution in [3.8, 4) is 10.4 Å². The number of hydrogen-bond donors (Lipinski definition) is 2. The minimum atomic E-state index is -1.10. The minimum absolute atomic E-state index is 0.0570. The molecule has 0 aliphatic rings. The van der Waals surface area contributed by atoms with Crippen LogP contribution in [-0.4, -0.2) is 24.1 Å². The molecule has 4 aromatic rings. The van der Waals surface area contributed by atoms with Gasteiger partial charge in [-0.05, 0) is 17.7 Å². The lowest BCUT2D eigenvalue weighted by molar-refractivity contribution is 0.0703. The zero-order valence-electron chi connectivity index (χ0n) is 15.5. The number of carbonyl (C=O) groups excluding carboxylic acids is 1. The normalized spacial score (nSPS) is 10.9. The van der Waals surface area contributed by atoms with Crippen LogP contribution in [0.3, 0.4) is 0 Å². The molecule has 0 saturated carbocycles. The minimum Gasteiger partial charge on any atom is -0.477 e. The lowest BCUT2D eigenvalue weighted by atomic mass is 10.1. The molecule has 0 unspecified atom stereocenters. The number of anilines is 1. The molecule has 6 nitrogen and oxygen atoms in total. The number of carbonyl (C=O) groups is 2. The first-order chi connectivity index (χ1) is 14.1. The molecular formula is C22H17NO5S. The molecule has 0 spiro atoms. The van der Waals surface area contributed by atoms with Gasteiger partial charge in [0.1, 0.15) is 10.5 Å². The molecule has 0 atom stereocenters. The number of hydrogen-bond acceptors (Lipinski definition) is 5. The summed E-state index contributed by atoms with van der Waals surface area (Å²) in [6.45, 7) is 0.199.